The molecule has 2 rings (SSSR count). The van der Waals surface area contributed by atoms with E-state index < -0.39 is 15.8 Å². The van der Waals surface area contributed by atoms with Gasteiger partial charge < -0.3 is 15.2 Å². The van der Waals surface area contributed by atoms with Gasteiger partial charge in [0.25, 0.3) is 0 Å². The first kappa shape index (κ1) is 20.4. The number of hydrogen-bond acceptors (Lipinski definition) is 5. The topological polar surface area (TPSA) is 110 Å². The zero-order chi connectivity index (χ0) is 20.2. The molecular weight excluding hydrogens is 370 g/mol. The zero-order valence-electron chi connectivity index (χ0n) is 15.3. The Morgan fingerprint density at radius 1 is 1.11 bits per heavy atom. The Balaban J connectivity index is 2.64. The highest BCUT2D eigenvalue weighted by Crippen LogP contribution is 2.34. The summed E-state index contributed by atoms with van der Waals surface area (Å²) in [5.74, 6) is -0.699. The molecule has 0 saturated heterocycles. The lowest BCUT2D eigenvalue weighted by atomic mass is 9.96. The fourth-order valence-electron chi connectivity index (χ4n) is 2.68. The molecule has 144 valence electrons. The van der Waals surface area contributed by atoms with Crippen LogP contribution >= 0.6 is 0 Å². The number of carbonyl (C=O) groups excluding carboxylic acids is 1. The fraction of sp³-hybridized carbons (Fsp3) is 0.263. The molecule has 0 atom stereocenters. The third kappa shape index (κ3) is 5.30. The molecule has 0 fully saturated rings. The average Bonchev–Trinajstić information content (AvgIpc) is 2.58. The number of carbonyl (C=O) groups is 2. The van der Waals surface area contributed by atoms with Gasteiger partial charge in [-0.25, -0.2) is 8.42 Å². The van der Waals surface area contributed by atoms with Crippen molar-refractivity contribution in [2.45, 2.75) is 24.8 Å². The Bertz CT molecular complexity index is 982. The van der Waals surface area contributed by atoms with Crippen LogP contribution in [0.2, 0.25) is 0 Å². The van der Waals surface area contributed by atoms with Crippen LogP contribution in [0.15, 0.2) is 41.3 Å². The maximum Gasteiger partial charge on any atom is 0.307 e. The third-order valence-corrected chi connectivity index (χ3v) is 5.05. The summed E-state index contributed by atoms with van der Waals surface area (Å²) in [7, 11) is -1.93. The van der Waals surface area contributed by atoms with Crippen LogP contribution in [0.3, 0.4) is 0 Å². The Hall–Kier alpha value is -2.87. The summed E-state index contributed by atoms with van der Waals surface area (Å²) >= 11 is 0. The molecule has 0 aliphatic carbocycles. The Morgan fingerprint density at radius 3 is 2.37 bits per heavy atom. The molecule has 0 aliphatic heterocycles. The molecule has 7 nitrogen and oxygen atoms in total. The van der Waals surface area contributed by atoms with Crippen LogP contribution in [-0.4, -0.2) is 38.8 Å². The highest BCUT2D eigenvalue weighted by Gasteiger charge is 2.16. The summed E-state index contributed by atoms with van der Waals surface area (Å²) in [5, 5.41) is 11.7. The summed E-state index contributed by atoms with van der Waals surface area (Å²) in [6.07, 6.45) is 0.956. The normalized spacial score (nSPS) is 11.1. The van der Waals surface area contributed by atoms with E-state index in [0.29, 0.717) is 28.0 Å². The molecule has 2 aromatic rings. The van der Waals surface area contributed by atoms with E-state index in [2.05, 4.69) is 5.32 Å². The molecule has 2 aromatic carbocycles. The minimum Gasteiger partial charge on any atom is -0.496 e. The predicted octanol–water partition coefficient (Wildman–Crippen LogP) is 2.03. The second-order valence-corrected chi connectivity index (χ2v) is 8.12. The van der Waals surface area contributed by atoms with Crippen molar-refractivity contribution >= 4 is 21.7 Å². The number of amides is 1. The molecule has 0 unspecified atom stereocenters. The smallest absolute Gasteiger partial charge is 0.307 e. The summed E-state index contributed by atoms with van der Waals surface area (Å²) in [4.78, 5) is 22.5. The number of carboxylic acids is 1. The van der Waals surface area contributed by atoms with Crippen LogP contribution in [0, 0.1) is 0 Å². The lowest BCUT2D eigenvalue weighted by Gasteiger charge is -2.16. The number of methoxy groups -OCH3 is 1. The highest BCUT2D eigenvalue weighted by atomic mass is 32.2. The van der Waals surface area contributed by atoms with Crippen molar-refractivity contribution in [3.8, 4) is 16.9 Å². The van der Waals surface area contributed by atoms with Gasteiger partial charge in [0.2, 0.25) is 5.91 Å². The number of rotatable bonds is 7. The van der Waals surface area contributed by atoms with Gasteiger partial charge in [-0.1, -0.05) is 12.1 Å². The number of sulfone groups is 1. The van der Waals surface area contributed by atoms with Crippen molar-refractivity contribution in [3.05, 3.63) is 47.5 Å². The van der Waals surface area contributed by atoms with Crippen molar-refractivity contribution in [2.75, 3.05) is 13.4 Å². The fourth-order valence-corrected chi connectivity index (χ4v) is 3.35. The number of ether oxygens (including phenoxy) is 1. The molecule has 0 saturated carbocycles. The number of hydrogen-bond donors (Lipinski definition) is 2. The standard InChI is InChI=1S/C19H21NO6S/c1-12(21)20-11-14-10-15(27(3,24)25)5-6-16(14)17-8-13(9-19(22)23)4-7-18(17)26-2/h4-8,10H,9,11H2,1-3H3,(H,20,21)(H,22,23). The largest absolute Gasteiger partial charge is 0.496 e. The first-order chi connectivity index (χ1) is 12.6. The van der Waals surface area contributed by atoms with Crippen LogP contribution in [0.1, 0.15) is 18.1 Å². The van der Waals surface area contributed by atoms with E-state index in [-0.39, 0.29) is 23.8 Å². The van der Waals surface area contributed by atoms with Gasteiger partial charge in [0, 0.05) is 25.3 Å². The highest BCUT2D eigenvalue weighted by molar-refractivity contribution is 7.90. The van der Waals surface area contributed by atoms with Gasteiger partial charge in [-0.2, -0.15) is 0 Å². The molecule has 2 N–H and O–H groups in total. The minimum absolute atomic E-state index is 0.125. The van der Waals surface area contributed by atoms with Crippen molar-refractivity contribution in [1.29, 1.82) is 0 Å². The van der Waals surface area contributed by atoms with E-state index in [1.54, 1.807) is 24.3 Å². The molecule has 0 aliphatic rings. The van der Waals surface area contributed by atoms with Crippen LogP contribution in [0.4, 0.5) is 0 Å². The van der Waals surface area contributed by atoms with Crippen LogP contribution in [0.5, 0.6) is 5.75 Å². The van der Waals surface area contributed by atoms with Gasteiger partial charge in [0.1, 0.15) is 5.75 Å². The summed E-state index contributed by atoms with van der Waals surface area (Å²) in [6, 6.07) is 9.64. The number of nitrogens with one attached hydrogen (secondary N) is 1. The van der Waals surface area contributed by atoms with Gasteiger partial charge >= 0.3 is 5.97 Å². The first-order valence-corrected chi connectivity index (χ1v) is 9.97. The van der Waals surface area contributed by atoms with Crippen molar-refractivity contribution in [2.24, 2.45) is 0 Å². The van der Waals surface area contributed by atoms with E-state index in [4.69, 9.17) is 9.84 Å². The molecule has 0 radical (unpaired) electrons. The molecule has 8 heteroatoms. The third-order valence-electron chi connectivity index (χ3n) is 3.94. The number of carboxylic acid groups (broad SMARTS) is 1. The predicted molar refractivity (Wildman–Crippen MR) is 100 cm³/mol. The summed E-state index contributed by atoms with van der Waals surface area (Å²) in [5.41, 5.74) is 2.44. The number of benzene rings is 2. The molecule has 0 spiro atoms. The SMILES string of the molecule is COc1ccc(CC(=O)O)cc1-c1ccc(S(C)(=O)=O)cc1CNC(C)=O. The van der Waals surface area contributed by atoms with E-state index in [1.807, 2.05) is 0 Å². The van der Waals surface area contributed by atoms with Gasteiger partial charge in [-0.15, -0.1) is 0 Å². The van der Waals surface area contributed by atoms with Crippen LogP contribution in [-0.2, 0) is 32.4 Å². The quantitative estimate of drug-likeness (QED) is 0.747. The second kappa shape index (κ2) is 8.22. The van der Waals surface area contributed by atoms with Crippen LogP contribution in [0.25, 0.3) is 11.1 Å². The van der Waals surface area contributed by atoms with E-state index in [0.717, 1.165) is 6.26 Å². The molecule has 27 heavy (non-hydrogen) atoms. The zero-order valence-corrected chi connectivity index (χ0v) is 16.1. The van der Waals surface area contributed by atoms with Gasteiger partial charge in [-0.05, 0) is 41.0 Å². The van der Waals surface area contributed by atoms with E-state index >= 15 is 0 Å². The molecule has 0 bridgehead atoms. The minimum atomic E-state index is -3.42. The van der Waals surface area contributed by atoms with Gasteiger partial charge in [-0.3, -0.25) is 9.59 Å². The lowest BCUT2D eigenvalue weighted by molar-refractivity contribution is -0.136. The maximum absolute atomic E-state index is 11.9. The van der Waals surface area contributed by atoms with Crippen molar-refractivity contribution in [1.82, 2.24) is 5.32 Å². The van der Waals surface area contributed by atoms with E-state index in [1.165, 1.54) is 26.2 Å². The molecule has 0 aromatic heterocycles. The molecule has 0 heterocycles. The Labute approximate surface area is 157 Å². The Kier molecular flexibility index (Phi) is 6.22. The monoisotopic (exact) mass is 391 g/mol. The molecule has 1 amide bonds. The van der Waals surface area contributed by atoms with E-state index in [9.17, 15) is 18.0 Å². The summed E-state index contributed by atoms with van der Waals surface area (Å²) < 4.78 is 29.2. The van der Waals surface area contributed by atoms with Crippen molar-refractivity contribution < 1.29 is 27.9 Å². The first-order valence-electron chi connectivity index (χ1n) is 8.08. The average molecular weight is 391 g/mol. The summed E-state index contributed by atoms with van der Waals surface area (Å²) in [6.45, 7) is 1.49. The van der Waals surface area contributed by atoms with Gasteiger partial charge in [0.05, 0.1) is 18.4 Å². The lowest BCUT2D eigenvalue weighted by Crippen LogP contribution is -2.19. The molecular formula is C19H21NO6S. The maximum atomic E-state index is 11.9. The number of aliphatic carboxylic acids is 1. The second-order valence-electron chi connectivity index (χ2n) is 6.11. The Morgan fingerprint density at radius 2 is 1.81 bits per heavy atom. The van der Waals surface area contributed by atoms with Crippen LogP contribution < -0.4 is 10.1 Å². The van der Waals surface area contributed by atoms with Crippen molar-refractivity contribution in [3.63, 3.8) is 0 Å². The van der Waals surface area contributed by atoms with Gasteiger partial charge in [0.15, 0.2) is 9.84 Å².